The predicted molar refractivity (Wildman–Crippen MR) is 130 cm³/mol. The molecular weight excluding hydrogens is 412 g/mol. The molecular formula is C24H52O6Si. The van der Waals surface area contributed by atoms with Gasteiger partial charge in [-0.1, -0.05) is 66.2 Å². The third-order valence-corrected chi connectivity index (χ3v) is 7.81. The highest BCUT2D eigenvalue weighted by Gasteiger charge is 2.40. The minimum Gasteiger partial charge on any atom is -0.379 e. The first-order chi connectivity index (χ1) is 15.2. The van der Waals surface area contributed by atoms with Crippen LogP contribution in [-0.2, 0) is 27.5 Å². The minimum absolute atomic E-state index is 0.511. The number of unbranched alkanes of at least 4 members (excludes halogenated alkanes) is 6. The van der Waals surface area contributed by atoms with Gasteiger partial charge >= 0.3 is 8.80 Å². The maximum atomic E-state index is 6.30. The van der Waals surface area contributed by atoms with Crippen LogP contribution in [0.5, 0.6) is 0 Å². The Bertz CT molecular complexity index is 305. The Hall–Kier alpha value is -0.0231. The predicted octanol–water partition coefficient (Wildman–Crippen LogP) is 6.01. The Morgan fingerprint density at radius 3 is 1.13 bits per heavy atom. The number of hydrogen-bond donors (Lipinski definition) is 0. The molecule has 0 aromatic carbocycles. The summed E-state index contributed by atoms with van der Waals surface area (Å²) in [5.74, 6) is 0. The molecule has 0 atom stereocenters. The van der Waals surface area contributed by atoms with E-state index in [1.54, 1.807) is 0 Å². The van der Waals surface area contributed by atoms with Gasteiger partial charge in [-0.15, -0.1) is 0 Å². The van der Waals surface area contributed by atoms with Gasteiger partial charge in [0.05, 0.1) is 39.6 Å². The lowest BCUT2D eigenvalue weighted by Crippen LogP contribution is -2.48. The summed E-state index contributed by atoms with van der Waals surface area (Å²) in [7, 11) is -2.79. The van der Waals surface area contributed by atoms with Crippen molar-refractivity contribution in [3.63, 3.8) is 0 Å². The Labute approximate surface area is 194 Å². The van der Waals surface area contributed by atoms with Crippen molar-refractivity contribution < 1.29 is 27.5 Å². The smallest absolute Gasteiger partial charge is 0.379 e. The Balaban J connectivity index is 4.68. The molecule has 0 unspecified atom stereocenters. The van der Waals surface area contributed by atoms with E-state index in [1.807, 2.05) is 0 Å². The molecule has 31 heavy (non-hydrogen) atoms. The van der Waals surface area contributed by atoms with Gasteiger partial charge in [0, 0.05) is 25.9 Å². The fourth-order valence-electron chi connectivity index (χ4n) is 2.92. The van der Waals surface area contributed by atoms with E-state index < -0.39 is 8.80 Å². The molecule has 0 aromatic rings. The lowest BCUT2D eigenvalue weighted by molar-refractivity contribution is -0.000389. The fraction of sp³-hybridized carbons (Fsp3) is 1.00. The topological polar surface area (TPSA) is 55.4 Å². The lowest BCUT2D eigenvalue weighted by Gasteiger charge is -2.30. The minimum atomic E-state index is -2.79. The van der Waals surface area contributed by atoms with E-state index in [4.69, 9.17) is 27.5 Å². The van der Waals surface area contributed by atoms with E-state index >= 15 is 0 Å². The van der Waals surface area contributed by atoms with Crippen molar-refractivity contribution in [2.75, 3.05) is 59.5 Å². The summed E-state index contributed by atoms with van der Waals surface area (Å²) < 4.78 is 36.0. The zero-order valence-electron chi connectivity index (χ0n) is 21.1. The van der Waals surface area contributed by atoms with Crippen LogP contribution in [0.1, 0.15) is 91.9 Å². The van der Waals surface area contributed by atoms with Crippen LogP contribution in [0.4, 0.5) is 0 Å². The highest BCUT2D eigenvalue weighted by molar-refractivity contribution is 6.60. The summed E-state index contributed by atoms with van der Waals surface area (Å²) in [5, 5.41) is 0. The van der Waals surface area contributed by atoms with E-state index in [0.29, 0.717) is 39.6 Å². The van der Waals surface area contributed by atoms with Gasteiger partial charge < -0.3 is 27.5 Å². The molecule has 6 nitrogen and oxygen atoms in total. The Morgan fingerprint density at radius 2 is 0.774 bits per heavy atom. The van der Waals surface area contributed by atoms with Crippen molar-refractivity contribution in [3.8, 4) is 0 Å². The van der Waals surface area contributed by atoms with E-state index in [2.05, 4.69) is 27.7 Å². The van der Waals surface area contributed by atoms with Crippen LogP contribution in [0, 0.1) is 0 Å². The third-order valence-electron chi connectivity index (χ3n) is 4.91. The number of ether oxygens (including phenoxy) is 3. The highest BCUT2D eigenvalue weighted by atomic mass is 28.4. The maximum Gasteiger partial charge on any atom is 0.501 e. The van der Waals surface area contributed by atoms with Crippen molar-refractivity contribution in [1.82, 2.24) is 0 Å². The van der Waals surface area contributed by atoms with Gasteiger partial charge in [-0.05, 0) is 25.7 Å². The van der Waals surface area contributed by atoms with Crippen LogP contribution in [0.15, 0.2) is 0 Å². The SMILES string of the molecule is CCCCCC[Si](OCCOCCCC)(OCCOCCCC)OCCOCCCC. The van der Waals surface area contributed by atoms with Gasteiger partial charge in [0.1, 0.15) is 0 Å². The first-order valence-electron chi connectivity index (χ1n) is 12.9. The van der Waals surface area contributed by atoms with Crippen molar-refractivity contribution in [1.29, 1.82) is 0 Å². The summed E-state index contributed by atoms with van der Waals surface area (Å²) in [4.78, 5) is 0. The van der Waals surface area contributed by atoms with Crippen LogP contribution < -0.4 is 0 Å². The molecule has 0 amide bonds. The molecule has 0 N–H and O–H groups in total. The zero-order valence-corrected chi connectivity index (χ0v) is 22.1. The van der Waals surface area contributed by atoms with Gasteiger partial charge in [-0.2, -0.15) is 0 Å². The summed E-state index contributed by atoms with van der Waals surface area (Å²) in [6.45, 7) is 14.3. The quantitative estimate of drug-likeness (QED) is 0.115. The molecule has 0 rings (SSSR count). The lowest BCUT2D eigenvalue weighted by atomic mass is 10.2. The summed E-state index contributed by atoms with van der Waals surface area (Å²) in [5.41, 5.74) is 0. The summed E-state index contributed by atoms with van der Waals surface area (Å²) in [6.07, 6.45) is 11.3. The second kappa shape index (κ2) is 24.6. The van der Waals surface area contributed by atoms with Gasteiger partial charge in [0.25, 0.3) is 0 Å². The summed E-state index contributed by atoms with van der Waals surface area (Å²) >= 11 is 0. The molecule has 0 radical (unpaired) electrons. The van der Waals surface area contributed by atoms with Gasteiger partial charge in [0.15, 0.2) is 0 Å². The zero-order chi connectivity index (χ0) is 22.9. The van der Waals surface area contributed by atoms with E-state index in [1.165, 1.54) is 19.3 Å². The molecule has 0 bridgehead atoms. The van der Waals surface area contributed by atoms with Crippen molar-refractivity contribution in [2.24, 2.45) is 0 Å². The molecule has 7 heteroatoms. The van der Waals surface area contributed by atoms with Crippen molar-refractivity contribution >= 4 is 8.80 Å². The third kappa shape index (κ3) is 20.3. The van der Waals surface area contributed by atoms with E-state index in [-0.39, 0.29) is 0 Å². The largest absolute Gasteiger partial charge is 0.501 e. The molecule has 0 saturated heterocycles. The molecule has 0 aromatic heterocycles. The average molecular weight is 465 g/mol. The van der Waals surface area contributed by atoms with Crippen LogP contribution in [0.3, 0.4) is 0 Å². The van der Waals surface area contributed by atoms with Crippen LogP contribution >= 0.6 is 0 Å². The van der Waals surface area contributed by atoms with Crippen LogP contribution in [0.25, 0.3) is 0 Å². The van der Waals surface area contributed by atoms with Crippen LogP contribution in [-0.4, -0.2) is 68.3 Å². The second-order valence-electron chi connectivity index (χ2n) is 7.94. The molecule has 0 aliphatic heterocycles. The number of hydrogen-bond acceptors (Lipinski definition) is 6. The molecule has 0 spiro atoms. The average Bonchev–Trinajstić information content (AvgIpc) is 2.78. The monoisotopic (exact) mass is 464 g/mol. The summed E-state index contributed by atoms with van der Waals surface area (Å²) in [6, 6.07) is 0.839. The molecule has 0 heterocycles. The van der Waals surface area contributed by atoms with E-state index in [9.17, 15) is 0 Å². The molecule has 0 aliphatic carbocycles. The molecule has 0 saturated carbocycles. The van der Waals surface area contributed by atoms with Gasteiger partial charge in [0.2, 0.25) is 0 Å². The Kier molecular flexibility index (Phi) is 24.6. The molecule has 0 fully saturated rings. The van der Waals surface area contributed by atoms with Gasteiger partial charge in [-0.3, -0.25) is 0 Å². The second-order valence-corrected chi connectivity index (χ2v) is 10.7. The standard InChI is InChI=1S/C24H52O6Si/c1-5-9-13-14-24-31(28-21-18-25-15-10-6-2,29-22-19-26-16-11-7-3)30-23-20-27-17-12-8-4/h5-24H2,1-4H3. The first-order valence-corrected chi connectivity index (χ1v) is 14.8. The van der Waals surface area contributed by atoms with E-state index in [0.717, 1.165) is 70.8 Å². The fourth-order valence-corrected chi connectivity index (χ4v) is 5.47. The highest BCUT2D eigenvalue weighted by Crippen LogP contribution is 2.20. The normalized spacial score (nSPS) is 12.0. The molecule has 0 aliphatic rings. The van der Waals surface area contributed by atoms with Crippen LogP contribution in [0.2, 0.25) is 6.04 Å². The molecule has 188 valence electrons. The first kappa shape index (κ1) is 31.0. The van der Waals surface area contributed by atoms with Crippen molar-refractivity contribution in [3.05, 3.63) is 0 Å². The van der Waals surface area contributed by atoms with Gasteiger partial charge in [-0.25, -0.2) is 0 Å². The Morgan fingerprint density at radius 1 is 0.387 bits per heavy atom. The maximum absolute atomic E-state index is 6.30. The van der Waals surface area contributed by atoms with Crippen molar-refractivity contribution in [2.45, 2.75) is 97.9 Å². The number of rotatable bonds is 26.